The average molecular weight is 293 g/mol. The van der Waals surface area contributed by atoms with Crippen molar-refractivity contribution in [2.24, 2.45) is 5.92 Å². The molecule has 0 spiro atoms. The van der Waals surface area contributed by atoms with Gasteiger partial charge in [0.15, 0.2) is 6.54 Å². The van der Waals surface area contributed by atoms with Gasteiger partial charge in [0, 0.05) is 16.5 Å². The summed E-state index contributed by atoms with van der Waals surface area (Å²) in [6.07, 6.45) is 4.62. The fourth-order valence-corrected chi connectivity index (χ4v) is 2.86. The van der Waals surface area contributed by atoms with Gasteiger partial charge >= 0.3 is 0 Å². The summed E-state index contributed by atoms with van der Waals surface area (Å²) in [5, 5.41) is 3.11. The molecule has 2 rings (SSSR count). The largest absolute Gasteiger partial charge is 0.348 e. The monoisotopic (exact) mass is 293 g/mol. The Labute approximate surface area is 126 Å². The second kappa shape index (κ2) is 7.14. The second-order valence-corrected chi connectivity index (χ2v) is 6.73. The Balaban J connectivity index is 1.75. The number of carbonyl (C=O) groups is 1. The Morgan fingerprint density at radius 2 is 2.05 bits per heavy atom. The first-order valence-corrected chi connectivity index (χ1v) is 8.54. The predicted octanol–water partition coefficient (Wildman–Crippen LogP) is 1.34. The Hall–Kier alpha value is -1.00. The standard InChI is InChI=1S/C16H24N2OS/c1-12(14-6-7-14)17-16(19)11-18(2)10-13-4-8-15(20-3)9-5-13/h4-5,8-9,12,14H,6-7,10-11H2,1-3H3,(H,17,19)/p+1/t12-/m1/s1. The summed E-state index contributed by atoms with van der Waals surface area (Å²) < 4.78 is 0. The van der Waals surface area contributed by atoms with Crippen molar-refractivity contribution in [1.29, 1.82) is 0 Å². The molecule has 0 aromatic heterocycles. The molecule has 0 aliphatic heterocycles. The van der Waals surface area contributed by atoms with Gasteiger partial charge in [-0.1, -0.05) is 12.1 Å². The van der Waals surface area contributed by atoms with Crippen LogP contribution in [-0.4, -0.2) is 31.8 Å². The molecule has 1 fully saturated rings. The molecule has 1 amide bonds. The summed E-state index contributed by atoms with van der Waals surface area (Å²) in [7, 11) is 2.07. The van der Waals surface area contributed by atoms with Crippen LogP contribution < -0.4 is 10.2 Å². The maximum absolute atomic E-state index is 12.0. The van der Waals surface area contributed by atoms with E-state index in [0.717, 1.165) is 12.5 Å². The maximum atomic E-state index is 12.0. The van der Waals surface area contributed by atoms with Crippen LogP contribution in [0.4, 0.5) is 0 Å². The van der Waals surface area contributed by atoms with E-state index in [-0.39, 0.29) is 5.91 Å². The number of carbonyl (C=O) groups excluding carboxylic acids is 1. The third kappa shape index (κ3) is 4.84. The van der Waals surface area contributed by atoms with Gasteiger partial charge in [-0.2, -0.15) is 0 Å². The Morgan fingerprint density at radius 3 is 2.60 bits per heavy atom. The zero-order chi connectivity index (χ0) is 14.5. The first-order valence-electron chi connectivity index (χ1n) is 7.32. The van der Waals surface area contributed by atoms with Gasteiger partial charge in [0.1, 0.15) is 6.54 Å². The molecule has 1 aliphatic carbocycles. The highest BCUT2D eigenvalue weighted by Crippen LogP contribution is 2.32. The molecular formula is C16H25N2OS+. The molecule has 4 heteroatoms. The van der Waals surface area contributed by atoms with Crippen LogP contribution in [0.25, 0.3) is 0 Å². The molecule has 110 valence electrons. The number of hydrogen-bond donors (Lipinski definition) is 2. The lowest BCUT2D eigenvalue weighted by Gasteiger charge is -2.17. The molecule has 1 aromatic rings. The summed E-state index contributed by atoms with van der Waals surface area (Å²) in [4.78, 5) is 14.5. The number of benzene rings is 1. The molecular weight excluding hydrogens is 268 g/mol. The summed E-state index contributed by atoms with van der Waals surface area (Å²) in [6, 6.07) is 8.93. The molecule has 1 saturated carbocycles. The van der Waals surface area contributed by atoms with Gasteiger partial charge in [-0.3, -0.25) is 4.79 Å². The van der Waals surface area contributed by atoms with E-state index in [2.05, 4.69) is 49.8 Å². The van der Waals surface area contributed by atoms with Crippen LogP contribution in [-0.2, 0) is 11.3 Å². The van der Waals surface area contributed by atoms with Gasteiger partial charge in [-0.15, -0.1) is 11.8 Å². The van der Waals surface area contributed by atoms with Crippen LogP contribution >= 0.6 is 11.8 Å². The molecule has 20 heavy (non-hydrogen) atoms. The molecule has 0 bridgehead atoms. The van der Waals surface area contributed by atoms with E-state index in [9.17, 15) is 4.79 Å². The minimum atomic E-state index is 0.169. The highest BCUT2D eigenvalue weighted by atomic mass is 32.2. The van der Waals surface area contributed by atoms with Crippen molar-refractivity contribution in [2.75, 3.05) is 19.8 Å². The zero-order valence-electron chi connectivity index (χ0n) is 12.6. The van der Waals surface area contributed by atoms with Crippen molar-refractivity contribution in [2.45, 2.75) is 37.2 Å². The molecule has 0 heterocycles. The molecule has 1 aliphatic rings. The highest BCUT2D eigenvalue weighted by molar-refractivity contribution is 7.98. The number of nitrogens with one attached hydrogen (secondary N) is 2. The Morgan fingerprint density at radius 1 is 1.40 bits per heavy atom. The fourth-order valence-electron chi connectivity index (χ4n) is 2.45. The third-order valence-corrected chi connectivity index (χ3v) is 4.59. The van der Waals surface area contributed by atoms with E-state index in [1.807, 2.05) is 0 Å². The van der Waals surface area contributed by atoms with Crippen molar-refractivity contribution in [3.63, 3.8) is 0 Å². The summed E-state index contributed by atoms with van der Waals surface area (Å²) >= 11 is 1.75. The van der Waals surface area contributed by atoms with Crippen LogP contribution in [0.1, 0.15) is 25.3 Å². The van der Waals surface area contributed by atoms with Gasteiger partial charge < -0.3 is 10.2 Å². The van der Waals surface area contributed by atoms with Crippen molar-refractivity contribution < 1.29 is 9.69 Å². The van der Waals surface area contributed by atoms with Gasteiger partial charge in [0.05, 0.1) is 7.05 Å². The molecule has 0 saturated heterocycles. The zero-order valence-corrected chi connectivity index (χ0v) is 13.4. The molecule has 3 nitrogen and oxygen atoms in total. The number of hydrogen-bond acceptors (Lipinski definition) is 2. The molecule has 0 radical (unpaired) electrons. The first-order chi connectivity index (χ1) is 9.58. The van der Waals surface area contributed by atoms with E-state index in [1.165, 1.54) is 28.2 Å². The third-order valence-electron chi connectivity index (χ3n) is 3.85. The van der Waals surface area contributed by atoms with Gasteiger partial charge in [0.25, 0.3) is 5.91 Å². The van der Waals surface area contributed by atoms with Crippen molar-refractivity contribution >= 4 is 17.7 Å². The minimum absolute atomic E-state index is 0.169. The topological polar surface area (TPSA) is 33.5 Å². The van der Waals surface area contributed by atoms with Crippen LogP contribution in [0.3, 0.4) is 0 Å². The normalized spacial score (nSPS) is 17.6. The van der Waals surface area contributed by atoms with E-state index < -0.39 is 0 Å². The number of quaternary nitrogens is 1. The van der Waals surface area contributed by atoms with Crippen LogP contribution in [0, 0.1) is 5.92 Å². The van der Waals surface area contributed by atoms with Gasteiger partial charge in [0.2, 0.25) is 0 Å². The molecule has 2 atom stereocenters. The first kappa shape index (κ1) is 15.4. The van der Waals surface area contributed by atoms with E-state index in [0.29, 0.717) is 12.6 Å². The average Bonchev–Trinajstić information content (AvgIpc) is 3.23. The Bertz CT molecular complexity index is 442. The van der Waals surface area contributed by atoms with Crippen molar-refractivity contribution in [1.82, 2.24) is 5.32 Å². The van der Waals surface area contributed by atoms with Crippen LogP contribution in [0.2, 0.25) is 0 Å². The van der Waals surface area contributed by atoms with Crippen molar-refractivity contribution in [3.8, 4) is 0 Å². The lowest BCUT2D eigenvalue weighted by atomic mass is 10.2. The van der Waals surface area contributed by atoms with Gasteiger partial charge in [-0.25, -0.2) is 0 Å². The van der Waals surface area contributed by atoms with E-state index in [4.69, 9.17) is 0 Å². The smallest absolute Gasteiger partial charge is 0.275 e. The predicted molar refractivity (Wildman–Crippen MR) is 84.0 cm³/mol. The SMILES string of the molecule is CSc1ccc(C[NH+](C)CC(=O)N[C@H](C)C2CC2)cc1. The number of likely N-dealkylation sites (N-methyl/N-ethyl adjacent to an activating group) is 1. The van der Waals surface area contributed by atoms with E-state index >= 15 is 0 Å². The second-order valence-electron chi connectivity index (χ2n) is 5.85. The summed E-state index contributed by atoms with van der Waals surface area (Å²) in [5.41, 5.74) is 1.28. The number of rotatable bonds is 7. The quantitative estimate of drug-likeness (QED) is 0.744. The maximum Gasteiger partial charge on any atom is 0.275 e. The summed E-state index contributed by atoms with van der Waals surface area (Å²) in [5.74, 6) is 0.890. The summed E-state index contributed by atoms with van der Waals surface area (Å²) in [6.45, 7) is 3.55. The Kier molecular flexibility index (Phi) is 5.49. The molecule has 1 aromatic carbocycles. The van der Waals surface area contributed by atoms with E-state index in [1.54, 1.807) is 11.8 Å². The lowest BCUT2D eigenvalue weighted by Crippen LogP contribution is -3.09. The highest BCUT2D eigenvalue weighted by Gasteiger charge is 2.29. The number of amides is 1. The lowest BCUT2D eigenvalue weighted by molar-refractivity contribution is -0.885. The van der Waals surface area contributed by atoms with Crippen LogP contribution in [0.15, 0.2) is 29.2 Å². The molecule has 1 unspecified atom stereocenters. The van der Waals surface area contributed by atoms with Gasteiger partial charge in [-0.05, 0) is 44.1 Å². The number of thioether (sulfide) groups is 1. The molecule has 2 N–H and O–H groups in total. The minimum Gasteiger partial charge on any atom is -0.348 e. The van der Waals surface area contributed by atoms with Crippen molar-refractivity contribution in [3.05, 3.63) is 29.8 Å². The fraction of sp³-hybridized carbons (Fsp3) is 0.562. The van der Waals surface area contributed by atoms with Crippen LogP contribution in [0.5, 0.6) is 0 Å².